The van der Waals surface area contributed by atoms with E-state index in [1.165, 1.54) is 12.2 Å². The average molecular weight is 374 g/mol. The fourth-order valence-corrected chi connectivity index (χ4v) is 2.18. The number of hydrogen-bond donors (Lipinski definition) is 0. The van der Waals surface area contributed by atoms with Crippen molar-refractivity contribution in [1.82, 2.24) is 4.98 Å². The number of rotatable bonds is 5. The highest BCUT2D eigenvalue weighted by atomic mass is 79.9. The molecule has 2 heterocycles. The monoisotopic (exact) mass is 373 g/mol. The third kappa shape index (κ3) is 4.20. The predicted molar refractivity (Wildman–Crippen MR) is 87.2 cm³/mol. The molecule has 0 amide bonds. The zero-order valence-electron chi connectivity index (χ0n) is 11.9. The molecule has 0 unspecified atom stereocenters. The first-order chi connectivity index (χ1) is 11.2. The number of carbonyl (C=O) groups is 1. The molecule has 3 aromatic rings. The molecule has 0 fully saturated rings. The number of esters is 1. The highest BCUT2D eigenvalue weighted by Gasteiger charge is 2.08. The van der Waals surface area contributed by atoms with E-state index < -0.39 is 5.97 Å². The first kappa shape index (κ1) is 15.3. The van der Waals surface area contributed by atoms with Crippen LogP contribution in [0.3, 0.4) is 0 Å². The number of nitrogens with zero attached hydrogens (tertiary/aromatic N) is 1. The van der Waals surface area contributed by atoms with Gasteiger partial charge in [0, 0.05) is 11.6 Å². The summed E-state index contributed by atoms with van der Waals surface area (Å²) in [6, 6.07) is 13.1. The van der Waals surface area contributed by atoms with Gasteiger partial charge in [0.15, 0.2) is 17.0 Å². The minimum atomic E-state index is -0.503. The minimum Gasteiger partial charge on any atom is -0.453 e. The number of ether oxygens (including phenoxy) is 1. The Hall–Kier alpha value is -2.60. The zero-order valence-corrected chi connectivity index (χ0v) is 13.5. The van der Waals surface area contributed by atoms with Crippen LogP contribution in [0.4, 0.5) is 0 Å². The SMILES string of the molecule is O=C(/C=C/c1ccc(Br)o1)OCc1ncc(-c2ccccc2)o1. The summed E-state index contributed by atoms with van der Waals surface area (Å²) in [7, 11) is 0. The van der Waals surface area contributed by atoms with Crippen LogP contribution in [0, 0.1) is 0 Å². The first-order valence-corrected chi connectivity index (χ1v) is 7.60. The van der Waals surface area contributed by atoms with Gasteiger partial charge in [-0.05, 0) is 34.1 Å². The molecule has 0 aliphatic carbocycles. The third-order valence-electron chi connectivity index (χ3n) is 2.93. The van der Waals surface area contributed by atoms with Gasteiger partial charge in [0.25, 0.3) is 0 Å². The number of carbonyl (C=O) groups excluding carboxylic acids is 1. The Balaban J connectivity index is 1.55. The smallest absolute Gasteiger partial charge is 0.331 e. The number of aromatic nitrogens is 1. The van der Waals surface area contributed by atoms with Crippen molar-refractivity contribution in [3.8, 4) is 11.3 Å². The second-order valence-corrected chi connectivity index (χ2v) is 5.35. The van der Waals surface area contributed by atoms with Gasteiger partial charge in [-0.2, -0.15) is 0 Å². The lowest BCUT2D eigenvalue weighted by Crippen LogP contribution is -2.00. The number of hydrogen-bond acceptors (Lipinski definition) is 5. The lowest BCUT2D eigenvalue weighted by Gasteiger charge is -1.98. The molecule has 0 saturated heterocycles. The largest absolute Gasteiger partial charge is 0.453 e. The Labute approximate surface area is 140 Å². The van der Waals surface area contributed by atoms with Crippen LogP contribution in [0.15, 0.2) is 68.2 Å². The second-order valence-electron chi connectivity index (χ2n) is 4.57. The maximum Gasteiger partial charge on any atom is 0.331 e. The average Bonchev–Trinajstić information content (AvgIpc) is 3.21. The maximum absolute atomic E-state index is 11.6. The zero-order chi connectivity index (χ0) is 16.1. The molecule has 6 heteroatoms. The van der Waals surface area contributed by atoms with Crippen molar-refractivity contribution < 1.29 is 18.4 Å². The highest BCUT2D eigenvalue weighted by molar-refractivity contribution is 9.10. The van der Waals surface area contributed by atoms with Gasteiger partial charge in [-0.1, -0.05) is 30.3 Å². The summed E-state index contributed by atoms with van der Waals surface area (Å²) in [5.41, 5.74) is 0.917. The van der Waals surface area contributed by atoms with E-state index in [0.29, 0.717) is 22.1 Å². The van der Waals surface area contributed by atoms with Gasteiger partial charge in [-0.25, -0.2) is 9.78 Å². The van der Waals surface area contributed by atoms with Gasteiger partial charge in [0.2, 0.25) is 5.89 Å². The normalized spacial score (nSPS) is 11.0. The van der Waals surface area contributed by atoms with Crippen LogP contribution in [-0.2, 0) is 16.1 Å². The molecule has 23 heavy (non-hydrogen) atoms. The van der Waals surface area contributed by atoms with Crippen LogP contribution in [-0.4, -0.2) is 11.0 Å². The summed E-state index contributed by atoms with van der Waals surface area (Å²) in [5.74, 6) is 1.02. The van der Waals surface area contributed by atoms with E-state index in [-0.39, 0.29) is 6.61 Å². The van der Waals surface area contributed by atoms with Gasteiger partial charge in [-0.3, -0.25) is 0 Å². The van der Waals surface area contributed by atoms with Crippen molar-refractivity contribution in [2.24, 2.45) is 0 Å². The predicted octanol–water partition coefficient (Wildman–Crippen LogP) is 4.45. The number of furan rings is 1. The Morgan fingerprint density at radius 2 is 2.00 bits per heavy atom. The Morgan fingerprint density at radius 3 is 2.74 bits per heavy atom. The van der Waals surface area contributed by atoms with Gasteiger partial charge >= 0.3 is 5.97 Å². The van der Waals surface area contributed by atoms with Crippen molar-refractivity contribution in [3.63, 3.8) is 0 Å². The molecule has 1 aromatic carbocycles. The van der Waals surface area contributed by atoms with Gasteiger partial charge in [-0.15, -0.1) is 0 Å². The molecule has 0 saturated carbocycles. The summed E-state index contributed by atoms with van der Waals surface area (Å²) in [6.45, 7) is -0.0299. The fourth-order valence-electron chi connectivity index (χ4n) is 1.86. The van der Waals surface area contributed by atoms with E-state index in [1.54, 1.807) is 18.3 Å². The highest BCUT2D eigenvalue weighted by Crippen LogP contribution is 2.20. The quantitative estimate of drug-likeness (QED) is 0.488. The van der Waals surface area contributed by atoms with Gasteiger partial charge in [0.1, 0.15) is 5.76 Å². The third-order valence-corrected chi connectivity index (χ3v) is 3.35. The summed E-state index contributed by atoms with van der Waals surface area (Å²) in [5, 5.41) is 0. The van der Waals surface area contributed by atoms with E-state index in [1.807, 2.05) is 30.3 Å². The molecule has 0 radical (unpaired) electrons. The van der Waals surface area contributed by atoms with Crippen LogP contribution in [0.1, 0.15) is 11.7 Å². The molecule has 5 nitrogen and oxygen atoms in total. The van der Waals surface area contributed by atoms with Gasteiger partial charge < -0.3 is 13.6 Å². The van der Waals surface area contributed by atoms with Crippen molar-refractivity contribution in [2.45, 2.75) is 6.61 Å². The number of benzene rings is 1. The summed E-state index contributed by atoms with van der Waals surface area (Å²) in [4.78, 5) is 15.7. The Kier molecular flexibility index (Phi) is 4.73. The van der Waals surface area contributed by atoms with E-state index >= 15 is 0 Å². The van der Waals surface area contributed by atoms with Crippen LogP contribution in [0.5, 0.6) is 0 Å². The van der Waals surface area contributed by atoms with Crippen molar-refractivity contribution in [3.05, 3.63) is 71.1 Å². The summed E-state index contributed by atoms with van der Waals surface area (Å²) >= 11 is 3.18. The Bertz CT molecular complexity index is 820. The molecule has 0 N–H and O–H groups in total. The number of oxazole rings is 1. The molecule has 3 rings (SSSR count). The number of halogens is 1. The second kappa shape index (κ2) is 7.11. The van der Waals surface area contributed by atoms with Crippen molar-refractivity contribution >= 4 is 28.0 Å². The summed E-state index contributed by atoms with van der Waals surface area (Å²) in [6.07, 6.45) is 4.42. The van der Waals surface area contributed by atoms with E-state index in [9.17, 15) is 4.79 Å². The molecule has 0 atom stereocenters. The molecule has 0 spiro atoms. The topological polar surface area (TPSA) is 65.5 Å². The van der Waals surface area contributed by atoms with Crippen LogP contribution in [0.25, 0.3) is 17.4 Å². The van der Waals surface area contributed by atoms with E-state index in [4.69, 9.17) is 13.6 Å². The standard InChI is InChI=1S/C17H12BrNO4/c18-15-8-6-13(22-15)7-9-17(20)21-11-16-19-10-14(23-16)12-4-2-1-3-5-12/h1-10H,11H2/b9-7+. The molecular formula is C17H12BrNO4. The molecular weight excluding hydrogens is 362 g/mol. The molecule has 0 bridgehead atoms. The van der Waals surface area contributed by atoms with Crippen molar-refractivity contribution in [2.75, 3.05) is 0 Å². The van der Waals surface area contributed by atoms with Gasteiger partial charge in [0.05, 0.1) is 6.20 Å². The molecule has 0 aliphatic rings. The van der Waals surface area contributed by atoms with E-state index in [0.717, 1.165) is 5.56 Å². The van der Waals surface area contributed by atoms with Crippen LogP contribution >= 0.6 is 15.9 Å². The van der Waals surface area contributed by atoms with Crippen molar-refractivity contribution in [1.29, 1.82) is 0 Å². The first-order valence-electron chi connectivity index (χ1n) is 6.81. The molecule has 0 aliphatic heterocycles. The fraction of sp³-hybridized carbons (Fsp3) is 0.0588. The molecule has 116 valence electrons. The maximum atomic E-state index is 11.6. The minimum absolute atomic E-state index is 0.0299. The van der Waals surface area contributed by atoms with Crippen LogP contribution in [0.2, 0.25) is 0 Å². The lowest BCUT2D eigenvalue weighted by atomic mass is 10.2. The van der Waals surface area contributed by atoms with Crippen LogP contribution < -0.4 is 0 Å². The molecule has 2 aromatic heterocycles. The van der Waals surface area contributed by atoms with E-state index in [2.05, 4.69) is 20.9 Å². The Morgan fingerprint density at radius 1 is 1.17 bits per heavy atom. The summed E-state index contributed by atoms with van der Waals surface area (Å²) < 4.78 is 16.5. The lowest BCUT2D eigenvalue weighted by molar-refractivity contribution is -0.139.